The Hall–Kier alpha value is -1.58. The fourth-order valence-electron chi connectivity index (χ4n) is 1.35. The summed E-state index contributed by atoms with van der Waals surface area (Å²) in [5, 5.41) is 0. The second-order valence-electron chi connectivity index (χ2n) is 4.71. The molecule has 0 bridgehead atoms. The Kier molecular flexibility index (Phi) is 11.5. The van der Waals surface area contributed by atoms with Crippen LogP contribution in [0, 0.1) is 0 Å². The second kappa shape index (κ2) is 12.5. The molecule has 0 amide bonds. The Labute approximate surface area is 121 Å². The molecule has 0 aromatic carbocycles. The van der Waals surface area contributed by atoms with Crippen LogP contribution in [0.1, 0.15) is 52.9 Å². The summed E-state index contributed by atoms with van der Waals surface area (Å²) in [5.41, 5.74) is 1.11. The van der Waals surface area contributed by atoms with Crippen molar-refractivity contribution in [3.63, 3.8) is 0 Å². The average molecular weight is 282 g/mol. The Bertz CT molecular complexity index is 338. The lowest BCUT2D eigenvalue weighted by Crippen LogP contribution is -2.08. The number of rotatable bonds is 10. The summed E-state index contributed by atoms with van der Waals surface area (Å²) >= 11 is 0. The Morgan fingerprint density at radius 2 is 1.65 bits per heavy atom. The molecule has 4 heteroatoms. The van der Waals surface area contributed by atoms with E-state index in [4.69, 9.17) is 9.47 Å². The average Bonchev–Trinajstić information content (AvgIpc) is 2.38. The standard InChI is InChI=1S/C16H26O4/c1-4-5-6-7-12-19-15(17)9-8-10-16(18)20-13-11-14(2)3/h5-6,11H,4,7-10,12-13H2,1-3H3/b6-5-. The second-order valence-corrected chi connectivity index (χ2v) is 4.71. The van der Waals surface area contributed by atoms with Crippen LogP contribution in [-0.2, 0) is 19.1 Å². The van der Waals surface area contributed by atoms with Crippen molar-refractivity contribution < 1.29 is 19.1 Å². The van der Waals surface area contributed by atoms with Gasteiger partial charge < -0.3 is 9.47 Å². The van der Waals surface area contributed by atoms with E-state index in [1.807, 2.05) is 32.1 Å². The first-order chi connectivity index (χ1) is 9.56. The third-order valence-corrected chi connectivity index (χ3v) is 2.45. The van der Waals surface area contributed by atoms with Crippen LogP contribution in [0.15, 0.2) is 23.8 Å². The first-order valence-electron chi connectivity index (χ1n) is 7.15. The molecule has 0 aliphatic rings. The lowest BCUT2D eigenvalue weighted by molar-refractivity contribution is -0.144. The van der Waals surface area contributed by atoms with Gasteiger partial charge in [-0.05, 0) is 39.2 Å². The highest BCUT2D eigenvalue weighted by Crippen LogP contribution is 2.01. The molecule has 0 saturated carbocycles. The summed E-state index contributed by atoms with van der Waals surface area (Å²) < 4.78 is 10.0. The quantitative estimate of drug-likeness (QED) is 0.349. The van der Waals surface area contributed by atoms with Crippen LogP contribution in [0.3, 0.4) is 0 Å². The summed E-state index contributed by atoms with van der Waals surface area (Å²) in [6.07, 6.45) is 8.58. The van der Waals surface area contributed by atoms with Gasteiger partial charge in [0.15, 0.2) is 0 Å². The molecule has 0 atom stereocenters. The number of carbonyl (C=O) groups excluding carboxylic acids is 2. The van der Waals surface area contributed by atoms with Crippen LogP contribution >= 0.6 is 0 Å². The van der Waals surface area contributed by atoms with E-state index in [9.17, 15) is 9.59 Å². The number of carbonyl (C=O) groups is 2. The van der Waals surface area contributed by atoms with E-state index in [-0.39, 0.29) is 24.8 Å². The van der Waals surface area contributed by atoms with E-state index in [0.29, 0.717) is 19.6 Å². The summed E-state index contributed by atoms with van der Waals surface area (Å²) in [6, 6.07) is 0. The third-order valence-electron chi connectivity index (χ3n) is 2.45. The lowest BCUT2D eigenvalue weighted by Gasteiger charge is -2.04. The van der Waals surface area contributed by atoms with Crippen molar-refractivity contribution >= 4 is 11.9 Å². The maximum absolute atomic E-state index is 11.4. The van der Waals surface area contributed by atoms with Crippen LogP contribution < -0.4 is 0 Å². The highest BCUT2D eigenvalue weighted by atomic mass is 16.5. The SMILES string of the molecule is CC/C=C\CCOC(=O)CCCC(=O)OCC=C(C)C. The van der Waals surface area contributed by atoms with Gasteiger partial charge >= 0.3 is 11.9 Å². The lowest BCUT2D eigenvalue weighted by atomic mass is 10.2. The predicted octanol–water partition coefficient (Wildman–Crippen LogP) is 3.57. The van der Waals surface area contributed by atoms with Crippen molar-refractivity contribution in [3.8, 4) is 0 Å². The van der Waals surface area contributed by atoms with E-state index in [1.54, 1.807) is 0 Å². The van der Waals surface area contributed by atoms with Gasteiger partial charge in [0.05, 0.1) is 6.61 Å². The number of allylic oxidation sites excluding steroid dienone is 2. The van der Waals surface area contributed by atoms with Gasteiger partial charge in [0.2, 0.25) is 0 Å². The smallest absolute Gasteiger partial charge is 0.306 e. The predicted molar refractivity (Wildman–Crippen MR) is 79.2 cm³/mol. The minimum absolute atomic E-state index is 0.251. The molecule has 0 aromatic heterocycles. The van der Waals surface area contributed by atoms with Crippen molar-refractivity contribution in [2.75, 3.05) is 13.2 Å². The molecule has 0 fully saturated rings. The highest BCUT2D eigenvalue weighted by Gasteiger charge is 2.06. The van der Waals surface area contributed by atoms with Crippen molar-refractivity contribution in [2.45, 2.75) is 52.9 Å². The van der Waals surface area contributed by atoms with E-state index in [1.165, 1.54) is 0 Å². The van der Waals surface area contributed by atoms with Gasteiger partial charge in [-0.15, -0.1) is 0 Å². The summed E-state index contributed by atoms with van der Waals surface area (Å²) in [4.78, 5) is 22.7. The van der Waals surface area contributed by atoms with Gasteiger partial charge in [-0.3, -0.25) is 9.59 Å². The molecule has 0 saturated heterocycles. The molecule has 0 aromatic rings. The van der Waals surface area contributed by atoms with Crippen molar-refractivity contribution in [1.82, 2.24) is 0 Å². The number of hydrogen-bond donors (Lipinski definition) is 0. The summed E-state index contributed by atoms with van der Waals surface area (Å²) in [5.74, 6) is -0.534. The molecular formula is C16H26O4. The zero-order valence-corrected chi connectivity index (χ0v) is 12.8. The number of ether oxygens (including phenoxy) is 2. The minimum atomic E-state index is -0.277. The first kappa shape index (κ1) is 18.4. The summed E-state index contributed by atoms with van der Waals surface area (Å²) in [6.45, 7) is 6.65. The van der Waals surface area contributed by atoms with Crippen LogP contribution in [-0.4, -0.2) is 25.2 Å². The van der Waals surface area contributed by atoms with Crippen LogP contribution in [0.4, 0.5) is 0 Å². The van der Waals surface area contributed by atoms with E-state index in [0.717, 1.165) is 18.4 Å². The maximum Gasteiger partial charge on any atom is 0.306 e. The fraction of sp³-hybridized carbons (Fsp3) is 0.625. The number of hydrogen-bond acceptors (Lipinski definition) is 4. The van der Waals surface area contributed by atoms with Crippen LogP contribution in [0.25, 0.3) is 0 Å². The highest BCUT2D eigenvalue weighted by molar-refractivity contribution is 5.72. The molecule has 4 nitrogen and oxygen atoms in total. The summed E-state index contributed by atoms with van der Waals surface area (Å²) in [7, 11) is 0. The van der Waals surface area contributed by atoms with Crippen molar-refractivity contribution in [3.05, 3.63) is 23.8 Å². The molecule has 0 radical (unpaired) electrons. The van der Waals surface area contributed by atoms with E-state index >= 15 is 0 Å². The van der Waals surface area contributed by atoms with Crippen molar-refractivity contribution in [2.24, 2.45) is 0 Å². The van der Waals surface area contributed by atoms with Gasteiger partial charge in [-0.1, -0.05) is 24.6 Å². The first-order valence-corrected chi connectivity index (χ1v) is 7.15. The molecule has 0 heterocycles. The molecule has 0 N–H and O–H groups in total. The Morgan fingerprint density at radius 1 is 1.00 bits per heavy atom. The molecule has 0 aliphatic heterocycles. The molecule has 0 unspecified atom stereocenters. The van der Waals surface area contributed by atoms with Crippen LogP contribution in [0.5, 0.6) is 0 Å². The normalized spacial score (nSPS) is 10.3. The maximum atomic E-state index is 11.4. The monoisotopic (exact) mass is 282 g/mol. The zero-order valence-electron chi connectivity index (χ0n) is 12.8. The van der Waals surface area contributed by atoms with Gasteiger partial charge in [-0.2, -0.15) is 0 Å². The van der Waals surface area contributed by atoms with E-state index in [2.05, 4.69) is 6.92 Å². The van der Waals surface area contributed by atoms with E-state index < -0.39 is 0 Å². The van der Waals surface area contributed by atoms with Gasteiger partial charge in [0.25, 0.3) is 0 Å². The number of esters is 2. The topological polar surface area (TPSA) is 52.6 Å². The van der Waals surface area contributed by atoms with Crippen LogP contribution in [0.2, 0.25) is 0 Å². The molecule has 0 spiro atoms. The van der Waals surface area contributed by atoms with Gasteiger partial charge in [0, 0.05) is 12.8 Å². The molecule has 0 rings (SSSR count). The van der Waals surface area contributed by atoms with Crippen molar-refractivity contribution in [1.29, 1.82) is 0 Å². The van der Waals surface area contributed by atoms with Gasteiger partial charge in [0.1, 0.15) is 6.61 Å². The fourth-order valence-corrected chi connectivity index (χ4v) is 1.35. The molecule has 0 aliphatic carbocycles. The largest absolute Gasteiger partial charge is 0.465 e. The molecular weight excluding hydrogens is 256 g/mol. The third kappa shape index (κ3) is 12.9. The Balaban J connectivity index is 3.53. The Morgan fingerprint density at radius 3 is 2.25 bits per heavy atom. The zero-order chi connectivity index (χ0) is 15.2. The molecule has 114 valence electrons. The van der Waals surface area contributed by atoms with Gasteiger partial charge in [-0.25, -0.2) is 0 Å². The molecule has 20 heavy (non-hydrogen) atoms. The minimum Gasteiger partial charge on any atom is -0.465 e.